The Kier molecular flexibility index (Phi) is 5.86. The molecule has 0 aliphatic rings. The maximum atomic E-state index is 12.3. The van der Waals surface area contributed by atoms with Gasteiger partial charge in [0.25, 0.3) is 5.91 Å². The van der Waals surface area contributed by atoms with Crippen LogP contribution in [0.1, 0.15) is 21.6 Å². The van der Waals surface area contributed by atoms with E-state index in [4.69, 9.17) is 4.74 Å². The van der Waals surface area contributed by atoms with Crippen molar-refractivity contribution in [1.82, 2.24) is 4.98 Å². The van der Waals surface area contributed by atoms with Crippen molar-refractivity contribution in [2.24, 2.45) is 0 Å². The number of ether oxygens (including phenoxy) is 1. The molecule has 3 aromatic rings. The predicted octanol–water partition coefficient (Wildman–Crippen LogP) is 5.00. The molecule has 6 heteroatoms. The number of hydrogen-bond acceptors (Lipinski definition) is 5. The molecule has 4 nitrogen and oxygen atoms in total. The van der Waals surface area contributed by atoms with E-state index in [9.17, 15) is 4.79 Å². The van der Waals surface area contributed by atoms with Crippen LogP contribution in [-0.2, 0) is 11.3 Å². The number of aromatic nitrogens is 1. The first kappa shape index (κ1) is 17.7. The van der Waals surface area contributed by atoms with E-state index in [1.54, 1.807) is 42.3 Å². The average molecular weight is 370 g/mol. The van der Waals surface area contributed by atoms with Crippen LogP contribution in [0.5, 0.6) is 0 Å². The zero-order valence-electron chi connectivity index (χ0n) is 14.0. The Morgan fingerprint density at radius 2 is 1.88 bits per heavy atom. The maximum absolute atomic E-state index is 12.3. The molecule has 1 aromatic heterocycles. The van der Waals surface area contributed by atoms with Crippen LogP contribution in [0.3, 0.4) is 0 Å². The molecule has 1 heterocycles. The number of anilines is 1. The smallest absolute Gasteiger partial charge is 0.255 e. The molecule has 0 aliphatic heterocycles. The lowest BCUT2D eigenvalue weighted by Gasteiger charge is -2.07. The number of aryl methyl sites for hydroxylation is 1. The van der Waals surface area contributed by atoms with Crippen molar-refractivity contribution < 1.29 is 9.53 Å². The van der Waals surface area contributed by atoms with E-state index < -0.39 is 0 Å². The number of thiazole rings is 1. The summed E-state index contributed by atoms with van der Waals surface area (Å²) in [5.41, 5.74) is 3.47. The van der Waals surface area contributed by atoms with Crippen molar-refractivity contribution in [3.63, 3.8) is 0 Å². The van der Waals surface area contributed by atoms with Gasteiger partial charge in [-0.05, 0) is 48.9 Å². The highest BCUT2D eigenvalue weighted by atomic mass is 32.2. The molecule has 0 radical (unpaired) electrons. The van der Waals surface area contributed by atoms with E-state index in [-0.39, 0.29) is 5.91 Å². The molecule has 1 amide bonds. The number of benzene rings is 2. The van der Waals surface area contributed by atoms with Crippen molar-refractivity contribution in [2.75, 3.05) is 12.4 Å². The lowest BCUT2D eigenvalue weighted by atomic mass is 10.1. The van der Waals surface area contributed by atoms with Crippen LogP contribution in [0, 0.1) is 6.92 Å². The number of nitrogens with one attached hydrogen (secondary N) is 1. The van der Waals surface area contributed by atoms with Crippen LogP contribution in [-0.4, -0.2) is 18.0 Å². The topological polar surface area (TPSA) is 51.2 Å². The Bertz CT molecular complexity index is 843. The van der Waals surface area contributed by atoms with Crippen LogP contribution in [0.4, 0.5) is 5.69 Å². The molecule has 128 valence electrons. The highest BCUT2D eigenvalue weighted by molar-refractivity contribution is 8.01. The molecule has 25 heavy (non-hydrogen) atoms. The molecule has 0 saturated heterocycles. The maximum Gasteiger partial charge on any atom is 0.255 e. The lowest BCUT2D eigenvalue weighted by molar-refractivity contribution is 0.102. The zero-order chi connectivity index (χ0) is 17.6. The molecule has 0 saturated carbocycles. The summed E-state index contributed by atoms with van der Waals surface area (Å²) < 4.78 is 6.09. The van der Waals surface area contributed by atoms with Gasteiger partial charge in [-0.25, -0.2) is 4.98 Å². The fraction of sp³-hybridized carbons (Fsp3) is 0.158. The average Bonchev–Trinajstić information content (AvgIpc) is 3.02. The number of hydrogen-bond donors (Lipinski definition) is 1. The van der Waals surface area contributed by atoms with E-state index in [2.05, 4.69) is 10.3 Å². The number of nitrogens with zero attached hydrogens (tertiary/aromatic N) is 1. The van der Waals surface area contributed by atoms with Crippen molar-refractivity contribution >= 4 is 34.7 Å². The Hall–Kier alpha value is -2.15. The van der Waals surface area contributed by atoms with Gasteiger partial charge < -0.3 is 10.1 Å². The van der Waals surface area contributed by atoms with Crippen molar-refractivity contribution in [3.8, 4) is 0 Å². The summed E-state index contributed by atoms with van der Waals surface area (Å²) in [5, 5.41) is 4.95. The van der Waals surface area contributed by atoms with Gasteiger partial charge in [0.05, 0.1) is 6.61 Å². The largest absolute Gasteiger partial charge is 0.380 e. The van der Waals surface area contributed by atoms with Gasteiger partial charge in [0, 0.05) is 34.3 Å². The van der Waals surface area contributed by atoms with E-state index in [1.807, 2.05) is 48.7 Å². The summed E-state index contributed by atoms with van der Waals surface area (Å²) in [6.45, 7) is 2.53. The Labute approximate surface area is 155 Å². The molecule has 0 spiro atoms. The highest BCUT2D eigenvalue weighted by Crippen LogP contribution is 2.30. The van der Waals surface area contributed by atoms with Gasteiger partial charge in [-0.15, -0.1) is 11.3 Å². The second kappa shape index (κ2) is 8.29. The molecule has 3 rings (SSSR count). The summed E-state index contributed by atoms with van der Waals surface area (Å²) in [4.78, 5) is 17.8. The standard InChI is InChI=1S/C19H18N2O2S2/c1-13-12-24-19(20-13)25-17-9-7-16(8-10-17)21-18(22)15-5-3-14(4-6-15)11-23-2/h3-10,12H,11H2,1-2H3,(H,21,22). The SMILES string of the molecule is COCc1ccc(C(=O)Nc2ccc(Sc3nc(C)cs3)cc2)cc1. The van der Waals surface area contributed by atoms with Crippen LogP contribution < -0.4 is 5.32 Å². The zero-order valence-corrected chi connectivity index (χ0v) is 15.6. The normalized spacial score (nSPS) is 10.6. The third-order valence-electron chi connectivity index (χ3n) is 3.44. The Balaban J connectivity index is 1.61. The van der Waals surface area contributed by atoms with Crippen LogP contribution in [0.2, 0.25) is 0 Å². The molecule has 0 bridgehead atoms. The fourth-order valence-corrected chi connectivity index (χ4v) is 4.02. The molecule has 0 unspecified atom stereocenters. The molecule has 0 aliphatic carbocycles. The van der Waals surface area contributed by atoms with Crippen LogP contribution in [0.15, 0.2) is 63.1 Å². The van der Waals surface area contributed by atoms with E-state index in [1.165, 1.54) is 0 Å². The Morgan fingerprint density at radius 3 is 2.48 bits per heavy atom. The lowest BCUT2D eigenvalue weighted by Crippen LogP contribution is -2.11. The van der Waals surface area contributed by atoms with E-state index >= 15 is 0 Å². The van der Waals surface area contributed by atoms with E-state index in [0.717, 1.165) is 26.2 Å². The van der Waals surface area contributed by atoms with E-state index in [0.29, 0.717) is 12.2 Å². The van der Waals surface area contributed by atoms with Gasteiger partial charge in [0.2, 0.25) is 0 Å². The van der Waals surface area contributed by atoms with Crippen LogP contribution in [0.25, 0.3) is 0 Å². The molecular formula is C19H18N2O2S2. The molecule has 0 atom stereocenters. The number of carbonyl (C=O) groups excluding carboxylic acids is 1. The van der Waals surface area contributed by atoms with Crippen molar-refractivity contribution in [1.29, 1.82) is 0 Å². The van der Waals surface area contributed by atoms with Crippen molar-refractivity contribution in [3.05, 3.63) is 70.7 Å². The van der Waals surface area contributed by atoms with Gasteiger partial charge in [-0.3, -0.25) is 4.79 Å². The second-order valence-corrected chi connectivity index (χ2v) is 7.64. The molecule has 1 N–H and O–H groups in total. The first-order valence-corrected chi connectivity index (χ1v) is 9.43. The van der Waals surface area contributed by atoms with Gasteiger partial charge in [-0.1, -0.05) is 23.9 Å². The second-order valence-electron chi connectivity index (χ2n) is 5.47. The molecule has 2 aromatic carbocycles. The van der Waals surface area contributed by atoms with Gasteiger partial charge in [-0.2, -0.15) is 0 Å². The summed E-state index contributed by atoms with van der Waals surface area (Å²) in [6.07, 6.45) is 0. The molecular weight excluding hydrogens is 352 g/mol. The van der Waals surface area contributed by atoms with Gasteiger partial charge >= 0.3 is 0 Å². The highest BCUT2D eigenvalue weighted by Gasteiger charge is 2.07. The summed E-state index contributed by atoms with van der Waals surface area (Å²) >= 11 is 3.26. The monoisotopic (exact) mass is 370 g/mol. The third-order valence-corrected chi connectivity index (χ3v) is 5.51. The number of amides is 1. The summed E-state index contributed by atoms with van der Waals surface area (Å²) in [6, 6.07) is 15.2. The summed E-state index contributed by atoms with van der Waals surface area (Å²) in [5.74, 6) is -0.125. The fourth-order valence-electron chi connectivity index (χ4n) is 2.21. The number of rotatable bonds is 6. The van der Waals surface area contributed by atoms with Crippen LogP contribution >= 0.6 is 23.1 Å². The quantitative estimate of drug-likeness (QED) is 0.663. The minimum atomic E-state index is -0.125. The Morgan fingerprint density at radius 1 is 1.16 bits per heavy atom. The predicted molar refractivity (Wildman–Crippen MR) is 103 cm³/mol. The third kappa shape index (κ3) is 4.92. The summed E-state index contributed by atoms with van der Waals surface area (Å²) in [7, 11) is 1.65. The minimum absolute atomic E-state index is 0.125. The van der Waals surface area contributed by atoms with Gasteiger partial charge in [0.15, 0.2) is 4.34 Å². The van der Waals surface area contributed by atoms with Crippen molar-refractivity contribution in [2.45, 2.75) is 22.8 Å². The first-order valence-electron chi connectivity index (χ1n) is 7.73. The first-order chi connectivity index (χ1) is 12.1. The minimum Gasteiger partial charge on any atom is -0.380 e. The number of carbonyl (C=O) groups is 1. The number of methoxy groups -OCH3 is 1. The van der Waals surface area contributed by atoms with Gasteiger partial charge in [0.1, 0.15) is 0 Å². The molecule has 0 fully saturated rings.